The van der Waals surface area contributed by atoms with Crippen LogP contribution in [0.1, 0.15) is 64.4 Å². The van der Waals surface area contributed by atoms with E-state index >= 15 is 0 Å². The van der Waals surface area contributed by atoms with Gasteiger partial charge in [-0.25, -0.2) is 0 Å². The smallest absolute Gasteiger partial charge is 0.236 e. The fourth-order valence-electron chi connectivity index (χ4n) is 5.18. The number of aliphatic imine (C=N–C) groups is 1. The highest BCUT2D eigenvalue weighted by Crippen LogP contribution is 2.30. The Hall–Kier alpha value is -2.96. The van der Waals surface area contributed by atoms with Gasteiger partial charge in [-0.05, 0) is 63.5 Å². The Kier molecular flexibility index (Phi) is 17.6. The third-order valence-corrected chi connectivity index (χ3v) is 8.12. The monoisotopic (exact) mass is 606 g/mol. The van der Waals surface area contributed by atoms with Gasteiger partial charge in [-0.1, -0.05) is 86.9 Å². The molecule has 1 fully saturated rings. The average molecular weight is 607 g/mol. The van der Waals surface area contributed by atoms with Crippen LogP contribution in [0.15, 0.2) is 52.4 Å². The molecule has 2 aromatic rings. The number of hydrogen-bond donors (Lipinski definition) is 4. The lowest BCUT2D eigenvalue weighted by molar-refractivity contribution is -0.123. The Morgan fingerprint density at radius 2 is 1.86 bits per heavy atom. The number of carbonyl (C=O) groups is 2. The van der Waals surface area contributed by atoms with Crippen LogP contribution in [-0.4, -0.2) is 74.8 Å². The van der Waals surface area contributed by atoms with Crippen LogP contribution >= 0.6 is 12.6 Å². The van der Waals surface area contributed by atoms with E-state index < -0.39 is 0 Å². The first-order valence-electron chi connectivity index (χ1n) is 15.5. The number of thiol groups is 1. The molecule has 234 valence electrons. The van der Waals surface area contributed by atoms with E-state index in [1.165, 1.54) is 25.7 Å². The molecule has 1 unspecified atom stereocenters. The van der Waals surface area contributed by atoms with E-state index in [-0.39, 0.29) is 24.5 Å². The van der Waals surface area contributed by atoms with Gasteiger partial charge >= 0.3 is 0 Å². The Balaban J connectivity index is 0.000000317. The van der Waals surface area contributed by atoms with Crippen molar-refractivity contribution in [2.45, 2.75) is 64.8 Å². The third-order valence-electron chi connectivity index (χ3n) is 7.79. The van der Waals surface area contributed by atoms with E-state index in [2.05, 4.69) is 77.2 Å². The van der Waals surface area contributed by atoms with E-state index in [0.717, 1.165) is 60.7 Å². The molecule has 0 aliphatic heterocycles. The van der Waals surface area contributed by atoms with Crippen LogP contribution in [0.25, 0.3) is 16.5 Å². The largest absolute Gasteiger partial charge is 0.384 e. The second kappa shape index (κ2) is 20.9. The molecule has 0 heterocycles. The number of nitrogens with one attached hydrogen (secondary N) is 2. The second-order valence-electron chi connectivity index (χ2n) is 11.1. The van der Waals surface area contributed by atoms with E-state index in [1.807, 2.05) is 37.4 Å². The normalized spacial score (nSPS) is 15.9. The van der Waals surface area contributed by atoms with Crippen LogP contribution in [0, 0.1) is 23.7 Å². The van der Waals surface area contributed by atoms with Crippen LogP contribution in [-0.2, 0) is 9.59 Å². The minimum absolute atomic E-state index is 0.0175. The number of carbonyl (C=O) groups excluding carboxylic acids is 2. The van der Waals surface area contributed by atoms with Crippen LogP contribution in [0.3, 0.4) is 0 Å². The Morgan fingerprint density at radius 1 is 1.16 bits per heavy atom. The highest BCUT2D eigenvalue weighted by molar-refractivity contribution is 7.85. The van der Waals surface area contributed by atoms with E-state index in [9.17, 15) is 9.59 Å². The molecule has 3 rings (SSSR count). The molecule has 0 spiro atoms. The second-order valence-corrected chi connectivity index (χ2v) is 11.5. The number of allylic oxidation sites excluding steroid dienone is 1. The van der Waals surface area contributed by atoms with Gasteiger partial charge in [-0.3, -0.25) is 9.79 Å². The first-order chi connectivity index (χ1) is 20.9. The summed E-state index contributed by atoms with van der Waals surface area (Å²) in [6.45, 7) is 6.05. The topological polar surface area (TPSA) is 94.0 Å². The number of amides is 1. The van der Waals surface area contributed by atoms with E-state index in [0.29, 0.717) is 17.4 Å². The summed E-state index contributed by atoms with van der Waals surface area (Å²) in [5.41, 5.74) is 1.72. The lowest BCUT2D eigenvalue weighted by atomic mass is 9.87. The fraction of sp³-hybridized carbons (Fsp3) is 0.514. The summed E-state index contributed by atoms with van der Waals surface area (Å²) < 4.78 is 0. The summed E-state index contributed by atoms with van der Waals surface area (Å²) in [6.07, 6.45) is 11.3. The average Bonchev–Trinajstić information content (AvgIpc) is 3.32. The molecule has 2 atom stereocenters. The van der Waals surface area contributed by atoms with Crippen LogP contribution in [0.2, 0.25) is 0 Å². The van der Waals surface area contributed by atoms with Gasteiger partial charge in [-0.15, -0.1) is 12.6 Å². The summed E-state index contributed by atoms with van der Waals surface area (Å²) in [4.78, 5) is 30.3. The van der Waals surface area contributed by atoms with E-state index in [4.69, 9.17) is 5.11 Å². The van der Waals surface area contributed by atoms with Gasteiger partial charge in [0, 0.05) is 30.8 Å². The standard InChI is InChI=1S/C21H24N2OS.C14H26N2O2/c1-3-14-23(2)15-13-22-21(20(25)12-7-16-24)19-11-6-9-17-8-4-5-10-18(17)19;1-11(15-2)14(18)16-9-13(10-17)12-7-5-3-4-6-8-12/h4-6,8-11,13,24-25H,3,14-16H2,1-2H3;10-13,15H,3-9H2,1-2H3,(H,16,18)/b21-20-,22-13?;/t;11-,13?/m.0/s1. The first-order valence-corrected chi connectivity index (χ1v) is 15.9. The van der Waals surface area contributed by atoms with Crippen molar-refractivity contribution in [3.05, 3.63) is 52.9 Å². The molecular weight excluding hydrogens is 556 g/mol. The van der Waals surface area contributed by atoms with Gasteiger partial charge in [0.2, 0.25) is 5.91 Å². The molecule has 1 aliphatic rings. The zero-order valence-corrected chi connectivity index (χ0v) is 27.2. The number of rotatable bonds is 12. The maximum atomic E-state index is 11.7. The maximum Gasteiger partial charge on any atom is 0.236 e. The minimum Gasteiger partial charge on any atom is -0.384 e. The Bertz CT molecular complexity index is 1250. The fourth-order valence-corrected chi connectivity index (χ4v) is 5.44. The van der Waals surface area contributed by atoms with Gasteiger partial charge < -0.3 is 25.4 Å². The quantitative estimate of drug-likeness (QED) is 0.0861. The van der Waals surface area contributed by atoms with Gasteiger partial charge in [0.15, 0.2) is 0 Å². The number of nitrogens with zero attached hydrogens (tertiary/aromatic N) is 2. The number of aliphatic hydroxyl groups excluding tert-OH is 1. The van der Waals surface area contributed by atoms with Gasteiger partial charge in [-0.2, -0.15) is 0 Å². The summed E-state index contributed by atoms with van der Waals surface area (Å²) in [5, 5.41) is 17.0. The van der Waals surface area contributed by atoms with E-state index in [1.54, 1.807) is 7.05 Å². The number of aliphatic hydroxyl groups is 1. The highest BCUT2D eigenvalue weighted by atomic mass is 32.1. The molecule has 43 heavy (non-hydrogen) atoms. The molecule has 0 saturated heterocycles. The first kappa shape index (κ1) is 36.2. The zero-order valence-electron chi connectivity index (χ0n) is 26.3. The number of hydrogen-bond acceptors (Lipinski definition) is 7. The van der Waals surface area contributed by atoms with Crippen molar-refractivity contribution in [2.75, 3.05) is 40.3 Å². The molecule has 0 bridgehead atoms. The molecule has 1 amide bonds. The number of benzene rings is 2. The molecule has 2 aromatic carbocycles. The summed E-state index contributed by atoms with van der Waals surface area (Å²) in [6, 6.07) is 14.1. The SMILES string of the molecule is CCCN(C)CC=N/C(=C(\S)C#CCO)c1cccc2ccccc12.CN[C@@H](C)C(=O)NCC(C=O)C1CCCCCC1. The molecule has 0 radical (unpaired) electrons. The Labute approximate surface area is 264 Å². The van der Waals surface area contributed by atoms with Crippen LogP contribution in [0.5, 0.6) is 0 Å². The highest BCUT2D eigenvalue weighted by Gasteiger charge is 2.23. The molecule has 3 N–H and O–H groups in total. The van der Waals surface area contributed by atoms with Crippen LogP contribution < -0.4 is 10.6 Å². The van der Waals surface area contributed by atoms with Crippen LogP contribution in [0.4, 0.5) is 0 Å². The van der Waals surface area contributed by atoms with Crippen molar-refractivity contribution in [1.29, 1.82) is 0 Å². The third kappa shape index (κ3) is 12.7. The molecule has 8 heteroatoms. The molecule has 1 aliphatic carbocycles. The number of aldehydes is 1. The van der Waals surface area contributed by atoms with Crippen molar-refractivity contribution in [2.24, 2.45) is 16.8 Å². The van der Waals surface area contributed by atoms with Crippen molar-refractivity contribution in [3.63, 3.8) is 0 Å². The molecule has 0 aromatic heterocycles. The van der Waals surface area contributed by atoms with Crippen molar-refractivity contribution < 1.29 is 14.7 Å². The zero-order chi connectivity index (χ0) is 31.5. The summed E-state index contributed by atoms with van der Waals surface area (Å²) >= 11 is 4.53. The van der Waals surface area contributed by atoms with Crippen molar-refractivity contribution in [1.82, 2.24) is 15.5 Å². The maximum absolute atomic E-state index is 11.7. The van der Waals surface area contributed by atoms with Crippen molar-refractivity contribution >= 4 is 47.5 Å². The predicted molar refractivity (Wildman–Crippen MR) is 183 cm³/mol. The minimum atomic E-state index is -0.202. The summed E-state index contributed by atoms with van der Waals surface area (Å²) in [5.74, 6) is 5.93. The molecular formula is C35H50N4O3S. The Morgan fingerprint density at radius 3 is 2.51 bits per heavy atom. The lowest BCUT2D eigenvalue weighted by Crippen LogP contribution is -2.43. The van der Waals surface area contributed by atoms with Gasteiger partial charge in [0.25, 0.3) is 0 Å². The molecule has 1 saturated carbocycles. The predicted octanol–water partition coefficient (Wildman–Crippen LogP) is 5.34. The van der Waals surface area contributed by atoms with Gasteiger partial charge in [0.1, 0.15) is 12.9 Å². The van der Waals surface area contributed by atoms with Crippen molar-refractivity contribution in [3.8, 4) is 11.8 Å². The summed E-state index contributed by atoms with van der Waals surface area (Å²) in [7, 11) is 3.83. The number of fused-ring (bicyclic) bond motifs is 1. The number of likely N-dealkylation sites (N-methyl/N-ethyl adjacent to an activating group) is 1. The lowest BCUT2D eigenvalue weighted by Gasteiger charge is -2.22. The molecule has 7 nitrogen and oxygen atoms in total. The van der Waals surface area contributed by atoms with Gasteiger partial charge in [0.05, 0.1) is 16.6 Å².